The molecule has 0 radical (unpaired) electrons. The van der Waals surface area contributed by atoms with E-state index in [2.05, 4.69) is 12.2 Å². The lowest BCUT2D eigenvalue weighted by Crippen LogP contribution is -2.43. The van der Waals surface area contributed by atoms with Gasteiger partial charge in [0.25, 0.3) is 11.8 Å². The Morgan fingerprint density at radius 3 is 2.44 bits per heavy atom. The minimum absolute atomic E-state index is 0.0165. The molecule has 5 nitrogen and oxygen atoms in total. The lowest BCUT2D eigenvalue weighted by atomic mass is 9.86. The first-order chi connectivity index (χ1) is 12.1. The summed E-state index contributed by atoms with van der Waals surface area (Å²) in [4.78, 5) is 26.3. The van der Waals surface area contributed by atoms with Crippen LogP contribution in [0.5, 0.6) is 5.75 Å². The Bertz CT molecular complexity index is 593. The summed E-state index contributed by atoms with van der Waals surface area (Å²) in [5.74, 6) is 1.16. The smallest absolute Gasteiger partial charge is 0.258 e. The average Bonchev–Trinajstić information content (AvgIpc) is 3.16. The van der Waals surface area contributed by atoms with Gasteiger partial charge in [0.1, 0.15) is 5.75 Å². The van der Waals surface area contributed by atoms with E-state index in [1.807, 2.05) is 4.90 Å². The maximum atomic E-state index is 12.3. The Balaban J connectivity index is 1.46. The molecular formula is C20H28N2O3. The van der Waals surface area contributed by atoms with Crippen molar-refractivity contribution in [1.29, 1.82) is 0 Å². The molecule has 1 aromatic rings. The van der Waals surface area contributed by atoms with Crippen molar-refractivity contribution >= 4 is 11.8 Å². The minimum Gasteiger partial charge on any atom is -0.484 e. The van der Waals surface area contributed by atoms with Crippen molar-refractivity contribution in [3.8, 4) is 5.75 Å². The van der Waals surface area contributed by atoms with E-state index in [9.17, 15) is 9.59 Å². The highest BCUT2D eigenvalue weighted by Gasteiger charge is 2.23. The molecule has 1 aliphatic heterocycles. The van der Waals surface area contributed by atoms with E-state index in [4.69, 9.17) is 4.74 Å². The molecule has 1 saturated carbocycles. The van der Waals surface area contributed by atoms with Gasteiger partial charge in [-0.05, 0) is 55.9 Å². The molecule has 2 amide bonds. The van der Waals surface area contributed by atoms with Crippen molar-refractivity contribution in [3.05, 3.63) is 29.8 Å². The summed E-state index contributed by atoms with van der Waals surface area (Å²) >= 11 is 0. The SMILES string of the molecule is C[C@@H]1CCCC[C@@H]1NC(=O)COc1ccc(C(=O)N2CCCC2)cc1. The van der Waals surface area contributed by atoms with Crippen LogP contribution in [0.3, 0.4) is 0 Å². The topological polar surface area (TPSA) is 58.6 Å². The van der Waals surface area contributed by atoms with Crippen molar-refractivity contribution < 1.29 is 14.3 Å². The fourth-order valence-electron chi connectivity index (χ4n) is 3.72. The molecule has 2 aliphatic rings. The van der Waals surface area contributed by atoms with Crippen LogP contribution in [-0.4, -0.2) is 42.5 Å². The first-order valence-electron chi connectivity index (χ1n) is 9.45. The second-order valence-corrected chi connectivity index (χ2v) is 7.25. The molecule has 1 saturated heterocycles. The lowest BCUT2D eigenvalue weighted by molar-refractivity contribution is -0.124. The van der Waals surface area contributed by atoms with Crippen LogP contribution >= 0.6 is 0 Å². The summed E-state index contributed by atoms with van der Waals surface area (Å²) < 4.78 is 5.57. The Morgan fingerprint density at radius 2 is 1.76 bits per heavy atom. The van der Waals surface area contributed by atoms with Crippen LogP contribution < -0.4 is 10.1 Å². The summed E-state index contributed by atoms with van der Waals surface area (Å²) in [5.41, 5.74) is 0.676. The molecule has 2 fully saturated rings. The molecule has 0 spiro atoms. The minimum atomic E-state index is -0.0732. The normalized spacial score (nSPS) is 23.3. The third-order valence-electron chi connectivity index (χ3n) is 5.32. The zero-order valence-electron chi connectivity index (χ0n) is 15.0. The first kappa shape index (κ1) is 17.8. The number of hydrogen-bond donors (Lipinski definition) is 1. The predicted molar refractivity (Wildman–Crippen MR) is 96.6 cm³/mol. The fourth-order valence-corrected chi connectivity index (χ4v) is 3.72. The third-order valence-corrected chi connectivity index (χ3v) is 5.32. The van der Waals surface area contributed by atoms with Gasteiger partial charge in [-0.15, -0.1) is 0 Å². The molecule has 1 N–H and O–H groups in total. The van der Waals surface area contributed by atoms with Crippen molar-refractivity contribution in [2.45, 2.75) is 51.5 Å². The standard InChI is InChI=1S/C20H28N2O3/c1-15-6-2-3-7-18(15)21-19(23)14-25-17-10-8-16(9-11-17)20(24)22-12-4-5-13-22/h8-11,15,18H,2-7,12-14H2,1H3,(H,21,23)/t15-,18+/m1/s1. The molecule has 0 aromatic heterocycles. The fraction of sp³-hybridized carbons (Fsp3) is 0.600. The summed E-state index contributed by atoms with van der Waals surface area (Å²) in [6, 6.07) is 7.35. The highest BCUT2D eigenvalue weighted by atomic mass is 16.5. The molecule has 1 aromatic carbocycles. The molecule has 1 aliphatic carbocycles. The van der Waals surface area contributed by atoms with E-state index in [1.165, 1.54) is 19.3 Å². The van der Waals surface area contributed by atoms with Crippen LogP contribution in [0, 0.1) is 5.92 Å². The van der Waals surface area contributed by atoms with Crippen LogP contribution in [0.25, 0.3) is 0 Å². The van der Waals surface area contributed by atoms with Crippen molar-refractivity contribution in [3.63, 3.8) is 0 Å². The maximum Gasteiger partial charge on any atom is 0.258 e. The molecule has 0 unspecified atom stereocenters. The van der Waals surface area contributed by atoms with Gasteiger partial charge in [0, 0.05) is 24.7 Å². The number of nitrogens with zero attached hydrogens (tertiary/aromatic N) is 1. The number of carbonyl (C=O) groups is 2. The van der Waals surface area contributed by atoms with Gasteiger partial charge in [-0.2, -0.15) is 0 Å². The van der Waals surface area contributed by atoms with Crippen LogP contribution in [0.2, 0.25) is 0 Å². The van der Waals surface area contributed by atoms with E-state index in [1.54, 1.807) is 24.3 Å². The molecular weight excluding hydrogens is 316 g/mol. The Morgan fingerprint density at radius 1 is 1.08 bits per heavy atom. The molecule has 0 bridgehead atoms. The van der Waals surface area contributed by atoms with E-state index >= 15 is 0 Å². The van der Waals surface area contributed by atoms with Crippen molar-refractivity contribution in [2.24, 2.45) is 5.92 Å². The highest BCUT2D eigenvalue weighted by Crippen LogP contribution is 2.23. The Hall–Kier alpha value is -2.04. The van der Waals surface area contributed by atoms with Crippen LogP contribution in [0.1, 0.15) is 55.8 Å². The predicted octanol–water partition coefficient (Wildman–Crippen LogP) is 3.00. The first-order valence-corrected chi connectivity index (χ1v) is 9.45. The number of carbonyl (C=O) groups excluding carboxylic acids is 2. The van der Waals surface area contributed by atoms with E-state index in [0.717, 1.165) is 32.4 Å². The Kier molecular flexibility index (Phi) is 5.95. The number of ether oxygens (including phenoxy) is 1. The summed E-state index contributed by atoms with van der Waals surface area (Å²) in [5, 5.41) is 3.08. The quantitative estimate of drug-likeness (QED) is 0.893. The Labute approximate surface area is 149 Å². The number of amides is 2. The number of rotatable bonds is 5. The van der Waals surface area contributed by atoms with Crippen molar-refractivity contribution in [2.75, 3.05) is 19.7 Å². The van der Waals surface area contributed by atoms with E-state index in [0.29, 0.717) is 17.2 Å². The lowest BCUT2D eigenvalue weighted by Gasteiger charge is -2.29. The molecule has 1 heterocycles. The van der Waals surface area contributed by atoms with Crippen LogP contribution in [0.4, 0.5) is 0 Å². The van der Waals surface area contributed by atoms with Gasteiger partial charge in [-0.1, -0.05) is 19.8 Å². The van der Waals surface area contributed by atoms with Crippen LogP contribution in [-0.2, 0) is 4.79 Å². The summed E-state index contributed by atoms with van der Waals surface area (Å²) in [6.45, 7) is 3.90. The van der Waals surface area contributed by atoms with Gasteiger partial charge >= 0.3 is 0 Å². The molecule has 3 rings (SSSR count). The zero-order chi connectivity index (χ0) is 17.6. The zero-order valence-corrected chi connectivity index (χ0v) is 15.0. The molecule has 136 valence electrons. The van der Waals surface area contributed by atoms with E-state index in [-0.39, 0.29) is 24.5 Å². The molecule has 25 heavy (non-hydrogen) atoms. The average molecular weight is 344 g/mol. The van der Waals surface area contributed by atoms with Gasteiger partial charge in [-0.3, -0.25) is 9.59 Å². The largest absolute Gasteiger partial charge is 0.484 e. The second-order valence-electron chi connectivity index (χ2n) is 7.25. The second kappa shape index (κ2) is 8.37. The van der Waals surface area contributed by atoms with Gasteiger partial charge in [-0.25, -0.2) is 0 Å². The van der Waals surface area contributed by atoms with Gasteiger partial charge < -0.3 is 15.0 Å². The van der Waals surface area contributed by atoms with E-state index < -0.39 is 0 Å². The third kappa shape index (κ3) is 4.74. The van der Waals surface area contributed by atoms with Gasteiger partial charge in [0.2, 0.25) is 0 Å². The summed E-state index contributed by atoms with van der Waals surface area (Å²) in [6.07, 6.45) is 6.84. The number of likely N-dealkylation sites (tertiary alicyclic amines) is 1. The monoisotopic (exact) mass is 344 g/mol. The number of benzene rings is 1. The molecule has 2 atom stereocenters. The number of nitrogens with one attached hydrogen (secondary N) is 1. The summed E-state index contributed by atoms with van der Waals surface area (Å²) in [7, 11) is 0. The molecule has 5 heteroatoms. The number of hydrogen-bond acceptors (Lipinski definition) is 3. The van der Waals surface area contributed by atoms with Crippen molar-refractivity contribution in [1.82, 2.24) is 10.2 Å². The highest BCUT2D eigenvalue weighted by molar-refractivity contribution is 5.94. The maximum absolute atomic E-state index is 12.3. The van der Waals surface area contributed by atoms with Gasteiger partial charge in [0.05, 0.1) is 0 Å². The van der Waals surface area contributed by atoms with Gasteiger partial charge in [0.15, 0.2) is 6.61 Å². The van der Waals surface area contributed by atoms with Crippen LogP contribution in [0.15, 0.2) is 24.3 Å².